The van der Waals surface area contributed by atoms with E-state index in [1.54, 1.807) is 6.20 Å². The number of thiol groups is 1. The Balaban J connectivity index is 2.02. The van der Waals surface area contributed by atoms with Gasteiger partial charge in [0.1, 0.15) is 11.6 Å². The van der Waals surface area contributed by atoms with Crippen LogP contribution >= 0.6 is 28.6 Å². The van der Waals surface area contributed by atoms with E-state index in [4.69, 9.17) is 0 Å². The summed E-state index contributed by atoms with van der Waals surface area (Å²) in [7, 11) is 0. The highest BCUT2D eigenvalue weighted by Gasteiger charge is 2.20. The van der Waals surface area contributed by atoms with Gasteiger partial charge in [-0.15, -0.1) is 0 Å². The van der Waals surface area contributed by atoms with Crippen LogP contribution in [-0.2, 0) is 5.75 Å². The molecule has 2 N–H and O–H groups in total. The first-order valence-corrected chi connectivity index (χ1v) is 7.18. The molecule has 4 nitrogen and oxygen atoms in total. The summed E-state index contributed by atoms with van der Waals surface area (Å²) < 4.78 is 0.870. The molecule has 1 aromatic heterocycles. The number of hydrogen-bond acceptors (Lipinski definition) is 5. The van der Waals surface area contributed by atoms with Crippen LogP contribution in [0, 0.1) is 0 Å². The summed E-state index contributed by atoms with van der Waals surface area (Å²) in [6.07, 6.45) is 5.30. The molecule has 0 unspecified atom stereocenters. The maximum Gasteiger partial charge on any atom is 0.144 e. The van der Waals surface area contributed by atoms with Crippen molar-refractivity contribution in [3.63, 3.8) is 0 Å². The van der Waals surface area contributed by atoms with Crippen LogP contribution < -0.4 is 5.32 Å². The molecule has 6 heteroatoms. The summed E-state index contributed by atoms with van der Waals surface area (Å²) in [5, 5.41) is 12.9. The molecular weight excluding hydrogens is 302 g/mol. The van der Waals surface area contributed by atoms with Crippen LogP contribution in [0.4, 0.5) is 5.82 Å². The Morgan fingerprint density at radius 1 is 1.41 bits per heavy atom. The summed E-state index contributed by atoms with van der Waals surface area (Å²) in [5.74, 6) is 2.08. The lowest BCUT2D eigenvalue weighted by molar-refractivity contribution is 0.126. The van der Waals surface area contributed by atoms with E-state index in [9.17, 15) is 5.11 Å². The number of nitrogens with one attached hydrogen (secondary N) is 1. The van der Waals surface area contributed by atoms with Gasteiger partial charge in [-0.25, -0.2) is 9.97 Å². The molecule has 17 heavy (non-hydrogen) atoms. The third-order valence-electron chi connectivity index (χ3n) is 2.97. The molecule has 1 aliphatic carbocycles. The Bertz CT molecular complexity index is 383. The van der Waals surface area contributed by atoms with Gasteiger partial charge in [0, 0.05) is 12.2 Å². The molecule has 0 spiro atoms. The highest BCUT2D eigenvalue weighted by atomic mass is 79.9. The maximum atomic E-state index is 9.46. The number of rotatable bonds is 3. The molecule has 2 rings (SSSR count). The van der Waals surface area contributed by atoms with Gasteiger partial charge in [-0.2, -0.15) is 12.6 Å². The lowest BCUT2D eigenvalue weighted by Crippen LogP contribution is -2.28. The van der Waals surface area contributed by atoms with Crippen LogP contribution in [-0.4, -0.2) is 27.2 Å². The predicted octanol–water partition coefficient (Wildman–Crippen LogP) is 2.38. The van der Waals surface area contributed by atoms with Gasteiger partial charge >= 0.3 is 0 Å². The molecule has 0 bridgehead atoms. The van der Waals surface area contributed by atoms with Gasteiger partial charge in [0.25, 0.3) is 0 Å². The van der Waals surface area contributed by atoms with Crippen molar-refractivity contribution in [3.8, 4) is 0 Å². The van der Waals surface area contributed by atoms with Gasteiger partial charge in [0.2, 0.25) is 0 Å². The van der Waals surface area contributed by atoms with E-state index in [1.165, 1.54) is 0 Å². The summed E-state index contributed by atoms with van der Waals surface area (Å²) in [5.41, 5.74) is 0. The zero-order valence-electron chi connectivity index (χ0n) is 9.43. The molecule has 0 saturated heterocycles. The predicted molar refractivity (Wildman–Crippen MR) is 74.3 cm³/mol. The average molecular weight is 318 g/mol. The van der Waals surface area contributed by atoms with Gasteiger partial charge in [-0.1, -0.05) is 0 Å². The first-order chi connectivity index (χ1) is 8.19. The van der Waals surface area contributed by atoms with Crippen molar-refractivity contribution in [1.29, 1.82) is 0 Å². The van der Waals surface area contributed by atoms with E-state index < -0.39 is 0 Å². The lowest BCUT2D eigenvalue weighted by atomic mass is 9.93. The van der Waals surface area contributed by atoms with E-state index in [2.05, 4.69) is 43.8 Å². The quantitative estimate of drug-likeness (QED) is 0.749. The van der Waals surface area contributed by atoms with Crippen molar-refractivity contribution in [2.24, 2.45) is 0 Å². The Morgan fingerprint density at radius 3 is 2.76 bits per heavy atom. The first kappa shape index (κ1) is 13.1. The third kappa shape index (κ3) is 3.56. The van der Waals surface area contributed by atoms with E-state index in [0.717, 1.165) is 41.8 Å². The lowest BCUT2D eigenvalue weighted by Gasteiger charge is -2.26. The van der Waals surface area contributed by atoms with Crippen LogP contribution in [0.5, 0.6) is 0 Å². The molecule has 0 aromatic carbocycles. The van der Waals surface area contributed by atoms with Gasteiger partial charge in [0.05, 0.1) is 16.3 Å². The minimum atomic E-state index is -0.130. The second-order valence-electron chi connectivity index (χ2n) is 4.29. The van der Waals surface area contributed by atoms with Gasteiger partial charge in [-0.3, -0.25) is 0 Å². The molecule has 1 aromatic rings. The molecule has 0 atom stereocenters. The smallest absolute Gasteiger partial charge is 0.144 e. The summed E-state index contributed by atoms with van der Waals surface area (Å²) in [4.78, 5) is 8.54. The number of aliphatic hydroxyl groups excluding tert-OH is 1. The fraction of sp³-hybridized carbons (Fsp3) is 0.636. The van der Waals surface area contributed by atoms with Crippen LogP contribution in [0.1, 0.15) is 31.5 Å². The minimum absolute atomic E-state index is 0.130. The fourth-order valence-electron chi connectivity index (χ4n) is 1.99. The molecule has 1 heterocycles. The van der Waals surface area contributed by atoms with Crippen LogP contribution in [0.25, 0.3) is 0 Å². The molecule has 1 aliphatic rings. The third-order valence-corrected chi connectivity index (χ3v) is 3.84. The number of halogens is 1. The van der Waals surface area contributed by atoms with Gasteiger partial charge < -0.3 is 10.4 Å². The number of aliphatic hydroxyl groups is 1. The topological polar surface area (TPSA) is 58.0 Å². The second-order valence-corrected chi connectivity index (χ2v) is 5.46. The summed E-state index contributed by atoms with van der Waals surface area (Å²) in [6.45, 7) is 0. The number of nitrogens with zero attached hydrogens (tertiary/aromatic N) is 2. The summed E-state index contributed by atoms with van der Waals surface area (Å²) >= 11 is 7.60. The van der Waals surface area contributed by atoms with Crippen molar-refractivity contribution < 1.29 is 5.11 Å². The minimum Gasteiger partial charge on any atom is -0.393 e. The van der Waals surface area contributed by atoms with Crippen LogP contribution in [0.3, 0.4) is 0 Å². The number of hydrogen-bond donors (Lipinski definition) is 3. The molecule has 0 amide bonds. The highest BCUT2D eigenvalue weighted by Crippen LogP contribution is 2.25. The standard InChI is InChI=1S/C11H16BrN3OS/c12-9-5-13-10(6-17)15-11(9)14-7-1-3-8(16)4-2-7/h5,7-8,16-17H,1-4,6H2,(H,13,14,15)/t7-,8-. The van der Waals surface area contributed by atoms with E-state index in [1.807, 2.05) is 0 Å². The Hall–Kier alpha value is -0.330. The first-order valence-electron chi connectivity index (χ1n) is 5.76. The summed E-state index contributed by atoms with van der Waals surface area (Å²) in [6, 6.07) is 0.386. The molecule has 0 radical (unpaired) electrons. The van der Waals surface area contributed by atoms with Crippen molar-refractivity contribution in [3.05, 3.63) is 16.5 Å². The Morgan fingerprint density at radius 2 is 2.12 bits per heavy atom. The number of aromatic nitrogens is 2. The Labute approximate surface area is 115 Å². The van der Waals surface area contributed by atoms with Crippen molar-refractivity contribution in [1.82, 2.24) is 9.97 Å². The van der Waals surface area contributed by atoms with Crippen molar-refractivity contribution >= 4 is 34.4 Å². The monoisotopic (exact) mass is 317 g/mol. The Kier molecular flexibility index (Phi) is 4.64. The normalized spacial score (nSPS) is 24.6. The molecule has 1 fully saturated rings. The fourth-order valence-corrected chi connectivity index (χ4v) is 2.45. The van der Waals surface area contributed by atoms with Crippen molar-refractivity contribution in [2.75, 3.05) is 5.32 Å². The van der Waals surface area contributed by atoms with Gasteiger partial charge in [0.15, 0.2) is 0 Å². The van der Waals surface area contributed by atoms with Crippen LogP contribution in [0.15, 0.2) is 10.7 Å². The highest BCUT2D eigenvalue weighted by molar-refractivity contribution is 9.10. The average Bonchev–Trinajstić information content (AvgIpc) is 2.35. The van der Waals surface area contributed by atoms with E-state index in [-0.39, 0.29) is 6.10 Å². The van der Waals surface area contributed by atoms with Crippen LogP contribution in [0.2, 0.25) is 0 Å². The molecular formula is C11H16BrN3OS. The second kappa shape index (κ2) is 6.02. The zero-order chi connectivity index (χ0) is 12.3. The van der Waals surface area contributed by atoms with E-state index in [0.29, 0.717) is 11.8 Å². The number of anilines is 1. The van der Waals surface area contributed by atoms with E-state index >= 15 is 0 Å². The largest absolute Gasteiger partial charge is 0.393 e. The molecule has 0 aliphatic heterocycles. The molecule has 94 valence electrons. The van der Waals surface area contributed by atoms with Crippen molar-refractivity contribution in [2.45, 2.75) is 43.6 Å². The zero-order valence-corrected chi connectivity index (χ0v) is 11.9. The van der Waals surface area contributed by atoms with Gasteiger partial charge in [-0.05, 0) is 41.6 Å². The SMILES string of the molecule is O[C@H]1CC[C@H](Nc2nc(CS)ncc2Br)CC1. The maximum absolute atomic E-state index is 9.46. The molecule has 1 saturated carbocycles.